The van der Waals surface area contributed by atoms with Gasteiger partial charge in [0.15, 0.2) is 0 Å². The van der Waals surface area contributed by atoms with Crippen molar-refractivity contribution < 1.29 is 17.5 Å². The minimum Gasteiger partial charge on any atom is -1.00 e. The molecule has 2 nitrogen and oxygen atoms in total. The Labute approximate surface area is 150 Å². The van der Waals surface area contributed by atoms with Crippen LogP contribution in [0.25, 0.3) is 0 Å². The Balaban J connectivity index is 0.00000156. The van der Waals surface area contributed by atoms with Gasteiger partial charge in [-0.15, -0.1) is 0 Å². The van der Waals surface area contributed by atoms with Gasteiger partial charge in [-0.3, -0.25) is 0 Å². The van der Waals surface area contributed by atoms with Gasteiger partial charge in [0.2, 0.25) is 0 Å². The van der Waals surface area contributed by atoms with Gasteiger partial charge in [-0.1, -0.05) is 23.7 Å². The molecule has 5 rings (SSSR count). The molecule has 2 N–H and O–H groups in total. The van der Waals surface area contributed by atoms with E-state index in [4.69, 9.17) is 11.6 Å². The molecule has 23 heavy (non-hydrogen) atoms. The fourth-order valence-electron chi connectivity index (χ4n) is 5.60. The van der Waals surface area contributed by atoms with Crippen molar-refractivity contribution in [3.63, 3.8) is 0 Å². The van der Waals surface area contributed by atoms with E-state index >= 15 is 0 Å². The second kappa shape index (κ2) is 6.22. The zero-order chi connectivity index (χ0) is 15.4. The van der Waals surface area contributed by atoms with Crippen molar-refractivity contribution in [2.45, 2.75) is 56.6 Å². The molecule has 4 heteroatoms. The van der Waals surface area contributed by atoms with Gasteiger partial charge in [0.25, 0.3) is 0 Å². The van der Waals surface area contributed by atoms with Gasteiger partial charge in [-0.05, 0) is 80.9 Å². The molecule has 128 valence electrons. The van der Waals surface area contributed by atoms with E-state index in [2.05, 4.69) is 5.32 Å². The van der Waals surface area contributed by atoms with Gasteiger partial charge in [-0.2, -0.15) is 0 Å². The number of hydrogen-bond donors (Lipinski definition) is 2. The van der Waals surface area contributed by atoms with Crippen molar-refractivity contribution in [2.24, 2.45) is 17.8 Å². The highest BCUT2D eigenvalue weighted by Gasteiger charge is 2.51. The first-order valence-electron chi connectivity index (χ1n) is 8.68. The van der Waals surface area contributed by atoms with Gasteiger partial charge < -0.3 is 22.8 Å². The molecule has 1 unspecified atom stereocenters. The summed E-state index contributed by atoms with van der Waals surface area (Å²) in [6.45, 7) is 2.53. The molecule has 4 aliphatic carbocycles. The van der Waals surface area contributed by atoms with E-state index in [1.165, 1.54) is 38.5 Å². The average molecular weight is 355 g/mol. The molecular formula is C19H26Cl2NO-. The van der Waals surface area contributed by atoms with Crippen molar-refractivity contribution in [1.29, 1.82) is 0 Å². The average Bonchev–Trinajstić information content (AvgIpc) is 2.45. The number of β-amino-alcohol motifs (C(OH)–C–C–N with tert-alkyl or cyclic N) is 1. The molecule has 4 bridgehead atoms. The van der Waals surface area contributed by atoms with E-state index in [1.807, 2.05) is 31.2 Å². The fourth-order valence-corrected chi connectivity index (χ4v) is 5.72. The molecule has 0 radical (unpaired) electrons. The summed E-state index contributed by atoms with van der Waals surface area (Å²) in [6, 6.07) is 7.58. The van der Waals surface area contributed by atoms with Crippen molar-refractivity contribution in [1.82, 2.24) is 5.32 Å². The first kappa shape index (κ1) is 17.5. The molecule has 0 aromatic heterocycles. The molecular weight excluding hydrogens is 329 g/mol. The predicted octanol–water partition coefficient (Wildman–Crippen LogP) is 1.11. The van der Waals surface area contributed by atoms with Crippen molar-refractivity contribution in [2.75, 3.05) is 6.54 Å². The number of hydrogen-bond acceptors (Lipinski definition) is 2. The summed E-state index contributed by atoms with van der Waals surface area (Å²) < 4.78 is 0. The molecule has 0 saturated heterocycles. The maximum Gasteiger partial charge on any atom is 0.0992 e. The molecule has 1 aromatic carbocycles. The lowest BCUT2D eigenvalue weighted by Gasteiger charge is -2.57. The van der Waals surface area contributed by atoms with E-state index in [0.29, 0.717) is 17.1 Å². The van der Waals surface area contributed by atoms with E-state index < -0.39 is 5.60 Å². The summed E-state index contributed by atoms with van der Waals surface area (Å²) in [7, 11) is 0. The van der Waals surface area contributed by atoms with Gasteiger partial charge in [0, 0.05) is 17.1 Å². The Morgan fingerprint density at radius 2 is 1.57 bits per heavy atom. The van der Waals surface area contributed by atoms with Crippen LogP contribution < -0.4 is 17.7 Å². The quantitative estimate of drug-likeness (QED) is 0.848. The summed E-state index contributed by atoms with van der Waals surface area (Å²) in [4.78, 5) is 0. The Bertz CT molecular complexity index is 520. The summed E-state index contributed by atoms with van der Waals surface area (Å²) in [6.07, 6.45) is 8.30. The Morgan fingerprint density at radius 1 is 1.09 bits per heavy atom. The zero-order valence-corrected chi connectivity index (χ0v) is 15.2. The van der Waals surface area contributed by atoms with Crippen LogP contribution in [0.15, 0.2) is 24.3 Å². The van der Waals surface area contributed by atoms with Gasteiger partial charge >= 0.3 is 0 Å². The minimum atomic E-state index is -0.839. The van der Waals surface area contributed by atoms with Crippen LogP contribution in [0.4, 0.5) is 0 Å². The molecule has 4 saturated carbocycles. The predicted molar refractivity (Wildman–Crippen MR) is 89.9 cm³/mol. The molecule has 4 fully saturated rings. The number of halogens is 2. The highest BCUT2D eigenvalue weighted by Crippen LogP contribution is 2.55. The number of benzene rings is 1. The molecule has 1 aromatic rings. The van der Waals surface area contributed by atoms with Crippen LogP contribution in [0.2, 0.25) is 5.02 Å². The van der Waals surface area contributed by atoms with Crippen molar-refractivity contribution >= 4 is 11.6 Å². The number of nitrogens with one attached hydrogen (secondary N) is 1. The first-order valence-corrected chi connectivity index (χ1v) is 9.05. The topological polar surface area (TPSA) is 32.3 Å². The molecule has 0 spiro atoms. The summed E-state index contributed by atoms with van der Waals surface area (Å²) >= 11 is 5.95. The van der Waals surface area contributed by atoms with Crippen molar-refractivity contribution in [3.05, 3.63) is 34.9 Å². The maximum atomic E-state index is 10.9. The molecule has 0 aliphatic heterocycles. The van der Waals surface area contributed by atoms with Crippen molar-refractivity contribution in [3.8, 4) is 0 Å². The molecule has 4 aliphatic rings. The Hall–Kier alpha value is -0.280. The molecule has 0 heterocycles. The standard InChI is InChI=1S/C19H26ClNO.ClH/c1-18(22,16-2-4-17(20)5-3-16)12-21-19-9-13-6-14(10-19)8-15(7-13)11-19;/h2-5,13-15,21-22H,6-12H2,1H3;1H/p-1. The van der Waals surface area contributed by atoms with Gasteiger partial charge in [0.05, 0.1) is 5.60 Å². The third-order valence-corrected chi connectivity index (χ3v) is 6.56. The van der Waals surface area contributed by atoms with Gasteiger partial charge in [-0.25, -0.2) is 0 Å². The molecule has 1 atom stereocenters. The fraction of sp³-hybridized carbons (Fsp3) is 0.684. The highest BCUT2D eigenvalue weighted by atomic mass is 35.5. The first-order chi connectivity index (χ1) is 10.4. The Kier molecular flexibility index (Phi) is 4.74. The van der Waals surface area contributed by atoms with Gasteiger partial charge in [0.1, 0.15) is 0 Å². The minimum absolute atomic E-state index is 0. The summed E-state index contributed by atoms with van der Waals surface area (Å²) in [5.41, 5.74) is 0.396. The zero-order valence-electron chi connectivity index (χ0n) is 13.7. The normalized spacial score (nSPS) is 37.3. The van der Waals surface area contributed by atoms with Crippen LogP contribution in [-0.2, 0) is 5.60 Å². The third-order valence-electron chi connectivity index (χ3n) is 6.31. The largest absolute Gasteiger partial charge is 1.00 e. The van der Waals surface area contributed by atoms with Crippen LogP contribution in [0, 0.1) is 17.8 Å². The smallest absolute Gasteiger partial charge is 0.0992 e. The SMILES string of the molecule is CC(O)(CNC12CC3CC(CC(C3)C1)C2)c1ccc(Cl)cc1.[Cl-]. The highest BCUT2D eigenvalue weighted by molar-refractivity contribution is 6.30. The lowest BCUT2D eigenvalue weighted by atomic mass is 9.53. The number of aliphatic hydroxyl groups is 1. The van der Waals surface area contributed by atoms with Crippen LogP contribution in [0.1, 0.15) is 51.0 Å². The van der Waals surface area contributed by atoms with E-state index in [0.717, 1.165) is 23.3 Å². The van der Waals surface area contributed by atoms with Crippen LogP contribution in [0.5, 0.6) is 0 Å². The maximum absolute atomic E-state index is 10.9. The lowest BCUT2D eigenvalue weighted by molar-refractivity contribution is -0.0358. The summed E-state index contributed by atoms with van der Waals surface area (Å²) in [5.74, 6) is 2.79. The summed E-state index contributed by atoms with van der Waals surface area (Å²) in [5, 5.41) is 15.4. The Morgan fingerprint density at radius 3 is 2.04 bits per heavy atom. The molecule has 0 amide bonds. The second-order valence-corrected chi connectivity index (χ2v) is 8.77. The second-order valence-electron chi connectivity index (χ2n) is 8.33. The van der Waals surface area contributed by atoms with Crippen LogP contribution in [-0.4, -0.2) is 17.2 Å². The van der Waals surface area contributed by atoms with E-state index in [9.17, 15) is 5.11 Å². The van der Waals surface area contributed by atoms with Crippen LogP contribution in [0.3, 0.4) is 0 Å². The van der Waals surface area contributed by atoms with E-state index in [-0.39, 0.29) is 12.4 Å². The van der Waals surface area contributed by atoms with Crippen LogP contribution >= 0.6 is 11.6 Å². The van der Waals surface area contributed by atoms with E-state index in [1.54, 1.807) is 0 Å². The number of rotatable bonds is 4. The third kappa shape index (κ3) is 3.42. The lowest BCUT2D eigenvalue weighted by Crippen LogP contribution is -3.00. The monoisotopic (exact) mass is 354 g/mol.